The highest BCUT2D eigenvalue weighted by molar-refractivity contribution is 6.43. The Labute approximate surface area is 253 Å². The first kappa shape index (κ1) is 29.2. The Morgan fingerprint density at radius 1 is 0.953 bits per heavy atom. The molecular formula is C36H37BO6. The van der Waals surface area contributed by atoms with Crippen LogP contribution in [0.25, 0.3) is 6.08 Å². The third kappa shape index (κ3) is 6.10. The number of carbonyl (C=O) groups is 2. The minimum absolute atomic E-state index is 0.00623. The van der Waals surface area contributed by atoms with E-state index in [4.69, 9.17) is 9.39 Å². The monoisotopic (exact) mass is 576 g/mol. The summed E-state index contributed by atoms with van der Waals surface area (Å²) < 4.78 is 12.5. The van der Waals surface area contributed by atoms with Crippen molar-refractivity contribution in [2.45, 2.75) is 51.5 Å². The summed E-state index contributed by atoms with van der Waals surface area (Å²) in [5.74, 6) is -0.393. The second-order valence-electron chi connectivity index (χ2n) is 11.9. The molecule has 0 amide bonds. The smallest absolute Gasteiger partial charge is 0.455 e. The lowest BCUT2D eigenvalue weighted by Gasteiger charge is -2.47. The minimum atomic E-state index is -1.03. The van der Waals surface area contributed by atoms with E-state index in [0.29, 0.717) is 30.6 Å². The number of hydrogen-bond acceptors (Lipinski definition) is 6. The molecular weight excluding hydrogens is 539 g/mol. The molecule has 3 aromatic rings. The Bertz CT molecular complexity index is 1560. The van der Waals surface area contributed by atoms with Gasteiger partial charge in [-0.25, -0.2) is 0 Å². The minimum Gasteiger partial charge on any atom is -0.508 e. The fraction of sp³-hybridized carbons (Fsp3) is 0.333. The molecule has 0 unspecified atom stereocenters. The number of phenols is 1. The molecule has 1 aliphatic heterocycles. The number of fused-ring (bicyclic) bond motifs is 4. The highest BCUT2D eigenvalue weighted by Gasteiger charge is 2.53. The first-order valence-corrected chi connectivity index (χ1v) is 15.3. The van der Waals surface area contributed by atoms with Gasteiger partial charge in [-0.05, 0) is 78.9 Å². The molecule has 3 aliphatic rings. The van der Waals surface area contributed by atoms with Crippen LogP contribution >= 0.6 is 0 Å². The molecule has 1 saturated heterocycles. The molecule has 7 heteroatoms. The number of benzene rings is 3. The van der Waals surface area contributed by atoms with Gasteiger partial charge in [0.15, 0.2) is 11.6 Å². The van der Waals surface area contributed by atoms with Gasteiger partial charge in [-0.15, -0.1) is 0 Å². The first-order valence-electron chi connectivity index (χ1n) is 15.3. The van der Waals surface area contributed by atoms with Crippen LogP contribution in [0.15, 0.2) is 95.6 Å². The van der Waals surface area contributed by atoms with Gasteiger partial charge in [0.2, 0.25) is 0 Å². The SMILES string of the molecule is CCC/C(=C\c1cccc(O)c1)CC[C@H]1OB(O)C[C@H]2C1=C(COc1ccccc1)C[C@H]1C(=O)c3ccccc3C(=O)[C@H]12. The number of ether oxygens (including phenoxy) is 1. The van der Waals surface area contributed by atoms with Crippen molar-refractivity contribution in [1.82, 2.24) is 0 Å². The first-order chi connectivity index (χ1) is 20.9. The number of aromatic hydroxyl groups is 1. The number of ketones is 2. The fourth-order valence-corrected chi connectivity index (χ4v) is 7.25. The van der Waals surface area contributed by atoms with E-state index < -0.39 is 25.1 Å². The van der Waals surface area contributed by atoms with Crippen molar-refractivity contribution in [3.8, 4) is 11.5 Å². The molecule has 4 atom stereocenters. The van der Waals surface area contributed by atoms with Gasteiger partial charge in [-0.3, -0.25) is 9.59 Å². The summed E-state index contributed by atoms with van der Waals surface area (Å²) in [7, 11) is -1.03. The van der Waals surface area contributed by atoms with Crippen LogP contribution in [0.3, 0.4) is 0 Å². The third-order valence-corrected chi connectivity index (χ3v) is 9.06. The molecule has 0 spiro atoms. The van der Waals surface area contributed by atoms with E-state index in [2.05, 4.69) is 13.0 Å². The maximum Gasteiger partial charge on any atom is 0.455 e. The number of allylic oxidation sites excluding steroid dienone is 1. The highest BCUT2D eigenvalue weighted by atomic mass is 16.5. The number of Topliss-reactive ketones (excluding diaryl/α,β-unsaturated/α-hetero) is 2. The van der Waals surface area contributed by atoms with Crippen molar-refractivity contribution in [2.75, 3.05) is 6.61 Å². The van der Waals surface area contributed by atoms with Crippen LogP contribution in [-0.4, -0.2) is 41.5 Å². The normalized spacial score (nSPS) is 23.5. The van der Waals surface area contributed by atoms with Crippen molar-refractivity contribution >= 4 is 24.8 Å². The quantitative estimate of drug-likeness (QED) is 0.212. The van der Waals surface area contributed by atoms with Crippen molar-refractivity contribution in [1.29, 1.82) is 0 Å². The number of para-hydroxylation sites is 1. The second kappa shape index (κ2) is 12.7. The number of rotatable bonds is 9. The average molecular weight is 576 g/mol. The molecule has 2 N–H and O–H groups in total. The largest absolute Gasteiger partial charge is 0.508 e. The zero-order valence-electron chi connectivity index (χ0n) is 24.4. The van der Waals surface area contributed by atoms with Gasteiger partial charge >= 0.3 is 7.12 Å². The van der Waals surface area contributed by atoms with Crippen molar-refractivity contribution < 1.29 is 29.1 Å². The molecule has 6 nitrogen and oxygen atoms in total. The highest BCUT2D eigenvalue weighted by Crippen LogP contribution is 2.51. The Hall–Kier alpha value is -3.94. The fourth-order valence-electron chi connectivity index (χ4n) is 7.25. The maximum absolute atomic E-state index is 14.0. The summed E-state index contributed by atoms with van der Waals surface area (Å²) in [5.41, 5.74) is 5.13. The van der Waals surface area contributed by atoms with Crippen molar-refractivity contribution in [3.63, 3.8) is 0 Å². The van der Waals surface area contributed by atoms with Crippen molar-refractivity contribution in [2.24, 2.45) is 17.8 Å². The third-order valence-electron chi connectivity index (χ3n) is 9.06. The Morgan fingerprint density at radius 3 is 2.44 bits per heavy atom. The van der Waals surface area contributed by atoms with E-state index in [1.807, 2.05) is 42.5 Å². The summed E-state index contributed by atoms with van der Waals surface area (Å²) in [6.07, 6.45) is 5.63. The van der Waals surface area contributed by atoms with Gasteiger partial charge < -0.3 is 19.5 Å². The van der Waals surface area contributed by atoms with E-state index in [9.17, 15) is 19.7 Å². The Balaban J connectivity index is 1.35. The van der Waals surface area contributed by atoms with Crippen LogP contribution in [0.4, 0.5) is 0 Å². The van der Waals surface area contributed by atoms with Crippen LogP contribution in [0.2, 0.25) is 6.32 Å². The maximum atomic E-state index is 14.0. The van der Waals surface area contributed by atoms with E-state index in [1.165, 1.54) is 5.57 Å². The van der Waals surface area contributed by atoms with E-state index >= 15 is 0 Å². The zero-order chi connectivity index (χ0) is 29.9. The van der Waals surface area contributed by atoms with Crippen LogP contribution in [0, 0.1) is 17.8 Å². The average Bonchev–Trinajstić information content (AvgIpc) is 3.01. The molecule has 0 bridgehead atoms. The van der Waals surface area contributed by atoms with Gasteiger partial charge in [0, 0.05) is 23.0 Å². The van der Waals surface area contributed by atoms with Crippen LogP contribution in [0.1, 0.15) is 65.3 Å². The molecule has 220 valence electrons. The van der Waals surface area contributed by atoms with Gasteiger partial charge in [0.05, 0.1) is 6.10 Å². The lowest BCUT2D eigenvalue weighted by Crippen LogP contribution is -2.51. The Morgan fingerprint density at radius 2 is 1.70 bits per heavy atom. The van der Waals surface area contributed by atoms with Gasteiger partial charge in [-0.1, -0.05) is 79.6 Å². The molecule has 3 aromatic carbocycles. The standard InChI is InChI=1S/C36H37BO6/c1-2-9-23(18-24-10-8-11-26(38)19-24)16-17-32-33-25(22-42-27-12-4-3-5-13-27)20-30-34(31(33)21-37(41)43-32)36(40)29-15-7-6-14-28(29)35(30)39/h3-8,10-15,18-19,30-32,34,38,41H,2,9,16-17,20-22H2,1H3/b23-18+/t30-,31+,32-,34-/m1/s1. The molecule has 0 aromatic heterocycles. The van der Waals surface area contributed by atoms with Crippen LogP contribution in [0.5, 0.6) is 11.5 Å². The lowest BCUT2D eigenvalue weighted by molar-refractivity contribution is 0.0592. The summed E-state index contributed by atoms with van der Waals surface area (Å²) in [6.45, 7) is 2.43. The number of carbonyl (C=O) groups excluding carboxylic acids is 2. The number of hydrogen-bond donors (Lipinski definition) is 2. The van der Waals surface area contributed by atoms with Gasteiger partial charge in [0.1, 0.15) is 18.1 Å². The Kier molecular flexibility index (Phi) is 8.64. The molecule has 6 rings (SSSR count). The van der Waals surface area contributed by atoms with E-state index in [0.717, 1.165) is 41.7 Å². The summed E-state index contributed by atoms with van der Waals surface area (Å²) in [5, 5.41) is 20.9. The molecule has 1 fully saturated rings. The molecule has 1 heterocycles. The molecule has 0 radical (unpaired) electrons. The van der Waals surface area contributed by atoms with Crippen LogP contribution in [-0.2, 0) is 4.65 Å². The zero-order valence-corrected chi connectivity index (χ0v) is 24.4. The second-order valence-corrected chi connectivity index (χ2v) is 11.9. The van der Waals surface area contributed by atoms with Gasteiger partial charge in [-0.2, -0.15) is 0 Å². The number of phenolic OH excluding ortho intramolecular Hbond substituents is 1. The van der Waals surface area contributed by atoms with Gasteiger partial charge in [0.25, 0.3) is 0 Å². The topological polar surface area (TPSA) is 93.1 Å². The summed E-state index contributed by atoms with van der Waals surface area (Å²) in [6, 6.07) is 23.9. The summed E-state index contributed by atoms with van der Waals surface area (Å²) in [4.78, 5) is 27.8. The van der Waals surface area contributed by atoms with E-state index in [1.54, 1.807) is 36.4 Å². The summed E-state index contributed by atoms with van der Waals surface area (Å²) >= 11 is 0. The van der Waals surface area contributed by atoms with Crippen molar-refractivity contribution in [3.05, 3.63) is 112 Å². The van der Waals surface area contributed by atoms with Crippen LogP contribution < -0.4 is 4.74 Å². The lowest BCUT2D eigenvalue weighted by atomic mass is 9.54. The predicted molar refractivity (Wildman–Crippen MR) is 167 cm³/mol. The molecule has 43 heavy (non-hydrogen) atoms. The predicted octanol–water partition coefficient (Wildman–Crippen LogP) is 6.94. The molecule has 2 aliphatic carbocycles. The van der Waals surface area contributed by atoms with E-state index in [-0.39, 0.29) is 29.6 Å². The molecule has 0 saturated carbocycles.